The molecular formula is C14H16N2O5S. The molecule has 0 bridgehead atoms. The summed E-state index contributed by atoms with van der Waals surface area (Å²) in [6.07, 6.45) is 0. The van der Waals surface area contributed by atoms with Gasteiger partial charge in [-0.15, -0.1) is 0 Å². The number of carbonyl (C=O) groups is 2. The van der Waals surface area contributed by atoms with E-state index in [4.69, 9.17) is 4.74 Å². The Kier molecular flexibility index (Phi) is 3.88. The van der Waals surface area contributed by atoms with Gasteiger partial charge in [-0.3, -0.25) is 9.59 Å². The van der Waals surface area contributed by atoms with Crippen molar-refractivity contribution in [1.29, 1.82) is 0 Å². The molecule has 0 aromatic heterocycles. The number of hydrogen-bond acceptors (Lipinski definition) is 5. The number of sulfonamides is 1. The molecule has 22 heavy (non-hydrogen) atoms. The van der Waals surface area contributed by atoms with Crippen molar-refractivity contribution in [1.82, 2.24) is 9.21 Å². The van der Waals surface area contributed by atoms with Gasteiger partial charge in [-0.2, -0.15) is 0 Å². The van der Waals surface area contributed by atoms with Gasteiger partial charge >= 0.3 is 0 Å². The van der Waals surface area contributed by atoms with E-state index in [1.165, 1.54) is 4.90 Å². The maximum atomic E-state index is 12.4. The minimum absolute atomic E-state index is 0.259. The van der Waals surface area contributed by atoms with E-state index >= 15 is 0 Å². The first kappa shape index (κ1) is 15.0. The molecule has 1 aromatic rings. The van der Waals surface area contributed by atoms with Gasteiger partial charge in [0.05, 0.1) is 19.0 Å². The van der Waals surface area contributed by atoms with E-state index in [0.717, 1.165) is 0 Å². The van der Waals surface area contributed by atoms with Gasteiger partial charge < -0.3 is 9.64 Å². The third-order valence-corrected chi connectivity index (χ3v) is 5.43. The molecule has 3 rings (SSSR count). The van der Waals surface area contributed by atoms with Gasteiger partial charge in [-0.1, -0.05) is 18.2 Å². The summed E-state index contributed by atoms with van der Waals surface area (Å²) in [5.74, 6) is -1.27. The van der Waals surface area contributed by atoms with E-state index in [9.17, 15) is 18.0 Å². The predicted molar refractivity (Wildman–Crippen MR) is 77.5 cm³/mol. The molecule has 0 N–H and O–H groups in total. The molecule has 2 aliphatic rings. The van der Waals surface area contributed by atoms with Gasteiger partial charge in [0.2, 0.25) is 15.9 Å². The van der Waals surface area contributed by atoms with E-state index in [2.05, 4.69) is 0 Å². The SMILES string of the molecule is O=C(CN1C(=O)c2ccccc2CS1(=O)=O)N1CCOCC1. The lowest BCUT2D eigenvalue weighted by Crippen LogP contribution is -2.50. The summed E-state index contributed by atoms with van der Waals surface area (Å²) >= 11 is 0. The van der Waals surface area contributed by atoms with Gasteiger partial charge in [0.1, 0.15) is 6.54 Å². The van der Waals surface area contributed by atoms with Crippen molar-refractivity contribution in [3.05, 3.63) is 35.4 Å². The van der Waals surface area contributed by atoms with Gasteiger partial charge in [-0.25, -0.2) is 12.7 Å². The van der Waals surface area contributed by atoms with Crippen LogP contribution in [0, 0.1) is 0 Å². The fourth-order valence-corrected chi connectivity index (χ4v) is 4.05. The summed E-state index contributed by atoms with van der Waals surface area (Å²) in [4.78, 5) is 26.1. The second-order valence-electron chi connectivity index (χ2n) is 5.22. The highest BCUT2D eigenvalue weighted by Crippen LogP contribution is 2.24. The maximum Gasteiger partial charge on any atom is 0.268 e. The molecule has 1 aromatic carbocycles. The van der Waals surface area contributed by atoms with Crippen molar-refractivity contribution in [2.24, 2.45) is 0 Å². The summed E-state index contributed by atoms with van der Waals surface area (Å²) in [7, 11) is -3.81. The van der Waals surface area contributed by atoms with Crippen LogP contribution in [0.15, 0.2) is 24.3 Å². The average Bonchev–Trinajstić information content (AvgIpc) is 2.51. The standard InChI is InChI=1S/C14H16N2O5S/c17-13(15-5-7-21-8-6-15)9-16-14(18)12-4-2-1-3-11(12)10-22(16,19)20/h1-4H,5-10H2. The second kappa shape index (κ2) is 5.69. The first-order valence-electron chi connectivity index (χ1n) is 6.97. The molecule has 2 heterocycles. The highest BCUT2D eigenvalue weighted by molar-refractivity contribution is 7.89. The van der Waals surface area contributed by atoms with Crippen molar-refractivity contribution >= 4 is 21.8 Å². The lowest BCUT2D eigenvalue weighted by molar-refractivity contribution is -0.135. The number of carbonyl (C=O) groups excluding carboxylic acids is 2. The Labute approximate surface area is 128 Å². The number of ether oxygens (including phenoxy) is 1. The molecule has 1 saturated heterocycles. The zero-order valence-electron chi connectivity index (χ0n) is 11.9. The number of rotatable bonds is 2. The molecule has 1 fully saturated rings. The van der Waals surface area contributed by atoms with Crippen LogP contribution in [-0.4, -0.2) is 62.3 Å². The fourth-order valence-electron chi connectivity index (χ4n) is 2.60. The number of morpholine rings is 1. The third-order valence-electron chi connectivity index (χ3n) is 3.79. The highest BCUT2D eigenvalue weighted by Gasteiger charge is 2.37. The Morgan fingerprint density at radius 2 is 1.86 bits per heavy atom. The molecule has 2 amide bonds. The van der Waals surface area contributed by atoms with Crippen LogP contribution in [-0.2, 0) is 25.3 Å². The van der Waals surface area contributed by atoms with E-state index in [1.807, 2.05) is 0 Å². The number of fused-ring (bicyclic) bond motifs is 1. The summed E-state index contributed by atoms with van der Waals surface area (Å²) in [5, 5.41) is 0. The molecular weight excluding hydrogens is 308 g/mol. The first-order chi connectivity index (χ1) is 10.5. The molecule has 0 unspecified atom stereocenters. The van der Waals surface area contributed by atoms with Gasteiger partial charge in [0.15, 0.2) is 0 Å². The lowest BCUT2D eigenvalue weighted by Gasteiger charge is -2.31. The maximum absolute atomic E-state index is 12.4. The molecule has 0 saturated carbocycles. The van der Waals surface area contributed by atoms with Crippen LogP contribution in [0.25, 0.3) is 0 Å². The minimum atomic E-state index is -3.81. The predicted octanol–water partition coefficient (Wildman–Crippen LogP) is -0.169. The number of amides is 2. The highest BCUT2D eigenvalue weighted by atomic mass is 32.2. The Bertz CT molecular complexity index is 710. The lowest BCUT2D eigenvalue weighted by atomic mass is 10.1. The van der Waals surface area contributed by atoms with E-state index in [1.54, 1.807) is 24.3 Å². The number of nitrogens with zero attached hydrogens (tertiary/aromatic N) is 2. The molecule has 8 heteroatoms. The van der Waals surface area contributed by atoms with Crippen molar-refractivity contribution in [2.45, 2.75) is 5.75 Å². The number of benzene rings is 1. The molecule has 118 valence electrons. The largest absolute Gasteiger partial charge is 0.378 e. The van der Waals surface area contributed by atoms with Crippen molar-refractivity contribution in [2.75, 3.05) is 32.8 Å². The van der Waals surface area contributed by atoms with Crippen molar-refractivity contribution in [3.8, 4) is 0 Å². The summed E-state index contributed by atoms with van der Waals surface area (Å²) in [6.45, 7) is 1.23. The van der Waals surface area contributed by atoms with Crippen LogP contribution < -0.4 is 0 Å². The van der Waals surface area contributed by atoms with Gasteiger partial charge in [-0.05, 0) is 11.6 Å². The molecule has 0 aliphatic carbocycles. The van der Waals surface area contributed by atoms with E-state index < -0.39 is 22.5 Å². The Hall–Kier alpha value is -1.93. The monoisotopic (exact) mass is 324 g/mol. The average molecular weight is 324 g/mol. The van der Waals surface area contributed by atoms with E-state index in [0.29, 0.717) is 41.7 Å². The van der Waals surface area contributed by atoms with Crippen molar-refractivity contribution < 1.29 is 22.7 Å². The van der Waals surface area contributed by atoms with Gasteiger partial charge in [0, 0.05) is 18.7 Å². The molecule has 0 atom stereocenters. The molecule has 7 nitrogen and oxygen atoms in total. The van der Waals surface area contributed by atoms with Crippen LogP contribution in [0.2, 0.25) is 0 Å². The Morgan fingerprint density at radius 3 is 2.59 bits per heavy atom. The van der Waals surface area contributed by atoms with Crippen LogP contribution in [0.3, 0.4) is 0 Å². The van der Waals surface area contributed by atoms with Crippen LogP contribution >= 0.6 is 0 Å². The zero-order chi connectivity index (χ0) is 15.7. The quantitative estimate of drug-likeness (QED) is 0.754. The first-order valence-corrected chi connectivity index (χ1v) is 8.58. The summed E-state index contributed by atoms with van der Waals surface area (Å²) < 4.78 is 30.4. The van der Waals surface area contributed by atoms with Crippen LogP contribution in [0.1, 0.15) is 15.9 Å². The minimum Gasteiger partial charge on any atom is -0.378 e. The Morgan fingerprint density at radius 1 is 1.18 bits per heavy atom. The summed E-state index contributed by atoms with van der Waals surface area (Å²) in [5.41, 5.74) is 0.815. The van der Waals surface area contributed by atoms with Crippen molar-refractivity contribution in [3.63, 3.8) is 0 Å². The fraction of sp³-hybridized carbons (Fsp3) is 0.429. The van der Waals surface area contributed by atoms with Gasteiger partial charge in [0.25, 0.3) is 5.91 Å². The Balaban J connectivity index is 1.83. The number of hydrogen-bond donors (Lipinski definition) is 0. The second-order valence-corrected chi connectivity index (χ2v) is 7.11. The van der Waals surface area contributed by atoms with E-state index in [-0.39, 0.29) is 11.7 Å². The third kappa shape index (κ3) is 2.71. The zero-order valence-corrected chi connectivity index (χ0v) is 12.7. The van der Waals surface area contributed by atoms with Crippen LogP contribution in [0.4, 0.5) is 0 Å². The molecule has 0 spiro atoms. The smallest absolute Gasteiger partial charge is 0.268 e. The summed E-state index contributed by atoms with van der Waals surface area (Å²) in [6, 6.07) is 6.57. The normalized spacial score (nSPS) is 20.6. The topological polar surface area (TPSA) is 84.0 Å². The molecule has 0 radical (unpaired) electrons. The van der Waals surface area contributed by atoms with Crippen LogP contribution in [0.5, 0.6) is 0 Å². The molecule has 2 aliphatic heterocycles.